The van der Waals surface area contributed by atoms with Gasteiger partial charge in [-0.2, -0.15) is 0 Å². The summed E-state index contributed by atoms with van der Waals surface area (Å²) >= 11 is 3.05. The summed E-state index contributed by atoms with van der Waals surface area (Å²) in [5.74, 6) is 3.28. The van der Waals surface area contributed by atoms with Crippen LogP contribution in [0.3, 0.4) is 0 Å². The molecule has 162 valence electrons. The molecule has 4 aromatic rings. The van der Waals surface area contributed by atoms with Gasteiger partial charge < -0.3 is 14.6 Å². The summed E-state index contributed by atoms with van der Waals surface area (Å²) in [6, 6.07) is 11.5. The molecule has 8 heteroatoms. The van der Waals surface area contributed by atoms with E-state index in [1.54, 1.807) is 23.3 Å². The highest BCUT2D eigenvalue weighted by molar-refractivity contribution is 7.19. The molecule has 0 spiro atoms. The molecule has 0 radical (unpaired) electrons. The summed E-state index contributed by atoms with van der Waals surface area (Å²) in [6.45, 7) is 2.55. The maximum absolute atomic E-state index is 12.8. The second-order valence-corrected chi connectivity index (χ2v) is 9.43. The highest BCUT2D eigenvalue weighted by atomic mass is 32.1. The standard InChI is InChI=1S/C24H21N3O3S2/c1-4-11-30-18-8-6-5-7-16(18)13-27(3)21(28)12-20-25-23(29)22-17(14-31-24(22)26-20)19-10-9-15(2)32-19/h1,5-10,14H,11-13H2,2-3H3,(H,25,26,29). The largest absolute Gasteiger partial charge is 0.481 e. The molecule has 0 fully saturated rings. The molecule has 1 N–H and O–H groups in total. The fourth-order valence-electron chi connectivity index (χ4n) is 3.35. The van der Waals surface area contributed by atoms with Crippen LogP contribution in [0.4, 0.5) is 0 Å². The van der Waals surface area contributed by atoms with Crippen molar-refractivity contribution in [3.63, 3.8) is 0 Å². The van der Waals surface area contributed by atoms with Crippen LogP contribution in [0.25, 0.3) is 20.7 Å². The van der Waals surface area contributed by atoms with Crippen molar-refractivity contribution < 1.29 is 9.53 Å². The first-order valence-electron chi connectivity index (χ1n) is 9.91. The molecule has 6 nitrogen and oxygen atoms in total. The quantitative estimate of drug-likeness (QED) is 0.416. The molecule has 4 rings (SSSR count). The van der Waals surface area contributed by atoms with Gasteiger partial charge in [-0.3, -0.25) is 9.59 Å². The molecule has 3 aromatic heterocycles. The van der Waals surface area contributed by atoms with Gasteiger partial charge in [0.05, 0.1) is 11.8 Å². The summed E-state index contributed by atoms with van der Waals surface area (Å²) in [4.78, 5) is 37.4. The van der Waals surface area contributed by atoms with Crippen molar-refractivity contribution in [2.24, 2.45) is 0 Å². The third-order valence-corrected chi connectivity index (χ3v) is 6.84. The molecule has 0 aliphatic rings. The zero-order valence-electron chi connectivity index (χ0n) is 17.7. The number of carbonyl (C=O) groups excluding carboxylic acids is 1. The number of fused-ring (bicyclic) bond motifs is 1. The number of para-hydroxylation sites is 1. The molecule has 0 unspecified atom stereocenters. The summed E-state index contributed by atoms with van der Waals surface area (Å²) in [5.41, 5.74) is 1.51. The Balaban J connectivity index is 1.52. The second kappa shape index (κ2) is 9.39. The normalized spacial score (nSPS) is 10.8. The van der Waals surface area contributed by atoms with E-state index in [0.717, 1.165) is 16.0 Å². The van der Waals surface area contributed by atoms with Crippen molar-refractivity contribution in [2.75, 3.05) is 13.7 Å². The number of ether oxygens (including phenoxy) is 1. The van der Waals surface area contributed by atoms with Crippen molar-refractivity contribution in [2.45, 2.75) is 19.9 Å². The van der Waals surface area contributed by atoms with Crippen molar-refractivity contribution in [3.05, 3.63) is 68.4 Å². The zero-order valence-corrected chi connectivity index (χ0v) is 19.3. The Kier molecular flexibility index (Phi) is 6.40. The van der Waals surface area contributed by atoms with E-state index >= 15 is 0 Å². The van der Waals surface area contributed by atoms with E-state index in [-0.39, 0.29) is 24.5 Å². The minimum Gasteiger partial charge on any atom is -0.481 e. The van der Waals surface area contributed by atoms with Gasteiger partial charge in [0.15, 0.2) is 0 Å². The number of aryl methyl sites for hydroxylation is 1. The molecule has 3 heterocycles. The predicted molar refractivity (Wildman–Crippen MR) is 129 cm³/mol. The third-order valence-electron chi connectivity index (χ3n) is 4.93. The Morgan fingerprint density at radius 3 is 2.84 bits per heavy atom. The number of rotatable bonds is 7. The molecule has 0 aliphatic carbocycles. The van der Waals surface area contributed by atoms with Crippen LogP contribution in [0.2, 0.25) is 0 Å². The maximum Gasteiger partial charge on any atom is 0.260 e. The van der Waals surface area contributed by atoms with E-state index in [1.165, 1.54) is 16.2 Å². The molecule has 32 heavy (non-hydrogen) atoms. The summed E-state index contributed by atoms with van der Waals surface area (Å²) < 4.78 is 5.56. The van der Waals surface area contributed by atoms with Crippen LogP contribution in [0.1, 0.15) is 16.3 Å². The van der Waals surface area contributed by atoms with Gasteiger partial charge >= 0.3 is 0 Å². The first-order chi connectivity index (χ1) is 15.5. The number of thiophene rings is 2. The number of carbonyl (C=O) groups is 1. The van der Waals surface area contributed by atoms with Gasteiger partial charge in [0.25, 0.3) is 5.56 Å². The van der Waals surface area contributed by atoms with Gasteiger partial charge in [-0.05, 0) is 25.1 Å². The Morgan fingerprint density at radius 1 is 1.28 bits per heavy atom. The summed E-state index contributed by atoms with van der Waals surface area (Å²) in [7, 11) is 1.71. The third kappa shape index (κ3) is 4.59. The number of terminal acetylenes is 1. The lowest BCUT2D eigenvalue weighted by Gasteiger charge is -2.19. The van der Waals surface area contributed by atoms with Crippen molar-refractivity contribution in [1.82, 2.24) is 14.9 Å². The minimum absolute atomic E-state index is 0.000400. The molecular weight excluding hydrogens is 442 g/mol. The van der Waals surface area contributed by atoms with E-state index in [4.69, 9.17) is 11.2 Å². The van der Waals surface area contributed by atoms with Crippen LogP contribution in [-0.2, 0) is 17.8 Å². The highest BCUT2D eigenvalue weighted by Gasteiger charge is 2.18. The van der Waals surface area contributed by atoms with Crippen LogP contribution in [0, 0.1) is 19.3 Å². The average molecular weight is 464 g/mol. The molecular formula is C24H21N3O3S2. The number of H-pyrrole nitrogens is 1. The fraction of sp³-hybridized carbons (Fsp3) is 0.208. The number of aromatic nitrogens is 2. The minimum atomic E-state index is -0.226. The van der Waals surface area contributed by atoms with Gasteiger partial charge in [0.1, 0.15) is 23.0 Å². The number of likely N-dealkylation sites (N-methyl/N-ethyl adjacent to an activating group) is 1. The Morgan fingerprint density at radius 2 is 2.09 bits per heavy atom. The van der Waals surface area contributed by atoms with Gasteiger partial charge in [-0.1, -0.05) is 24.1 Å². The smallest absolute Gasteiger partial charge is 0.260 e. The first kappa shape index (κ1) is 21.8. The highest BCUT2D eigenvalue weighted by Crippen LogP contribution is 2.35. The maximum atomic E-state index is 12.8. The molecule has 0 aliphatic heterocycles. The lowest BCUT2D eigenvalue weighted by Crippen LogP contribution is -2.29. The number of nitrogens with zero attached hydrogens (tertiary/aromatic N) is 2. The van der Waals surface area contributed by atoms with E-state index in [1.807, 2.05) is 48.7 Å². The fourth-order valence-corrected chi connectivity index (χ4v) is 5.28. The van der Waals surface area contributed by atoms with Gasteiger partial charge in [0.2, 0.25) is 5.91 Å². The summed E-state index contributed by atoms with van der Waals surface area (Å²) in [6.07, 6.45) is 5.28. The van der Waals surface area contributed by atoms with E-state index in [0.29, 0.717) is 28.3 Å². The average Bonchev–Trinajstić information content (AvgIpc) is 3.39. The van der Waals surface area contributed by atoms with Crippen molar-refractivity contribution >= 4 is 38.8 Å². The number of nitrogens with one attached hydrogen (secondary N) is 1. The predicted octanol–water partition coefficient (Wildman–Crippen LogP) is 4.23. The molecule has 0 atom stereocenters. The van der Waals surface area contributed by atoms with E-state index < -0.39 is 0 Å². The SMILES string of the molecule is C#CCOc1ccccc1CN(C)C(=O)Cc1nc2scc(-c3ccc(C)s3)c2c(=O)[nH]1. The van der Waals surface area contributed by atoms with Crippen molar-refractivity contribution in [1.29, 1.82) is 0 Å². The number of hydrogen-bond acceptors (Lipinski definition) is 6. The number of aromatic amines is 1. The Hall–Kier alpha value is -3.41. The Bertz CT molecular complexity index is 1380. The topological polar surface area (TPSA) is 75.3 Å². The van der Waals surface area contributed by atoms with Crippen LogP contribution < -0.4 is 10.3 Å². The summed E-state index contributed by atoms with van der Waals surface area (Å²) in [5, 5.41) is 2.52. The van der Waals surface area contributed by atoms with Crippen LogP contribution in [-0.4, -0.2) is 34.4 Å². The number of hydrogen-bond donors (Lipinski definition) is 1. The monoisotopic (exact) mass is 463 g/mol. The molecule has 1 amide bonds. The molecule has 1 aromatic carbocycles. The number of benzene rings is 1. The zero-order chi connectivity index (χ0) is 22.7. The van der Waals surface area contributed by atoms with Gasteiger partial charge in [0, 0.05) is 39.9 Å². The molecule has 0 saturated heterocycles. The molecule has 0 bridgehead atoms. The van der Waals surface area contributed by atoms with Gasteiger partial charge in [-0.15, -0.1) is 29.1 Å². The van der Waals surface area contributed by atoms with Crippen molar-refractivity contribution in [3.8, 4) is 28.5 Å². The second-order valence-electron chi connectivity index (χ2n) is 7.28. The van der Waals surface area contributed by atoms with E-state index in [9.17, 15) is 9.59 Å². The Labute approximate surface area is 193 Å². The lowest BCUT2D eigenvalue weighted by atomic mass is 10.2. The first-order valence-corrected chi connectivity index (χ1v) is 11.6. The lowest BCUT2D eigenvalue weighted by molar-refractivity contribution is -0.129. The number of amides is 1. The van der Waals surface area contributed by atoms with Crippen LogP contribution in [0.15, 0.2) is 46.6 Å². The van der Waals surface area contributed by atoms with Crippen LogP contribution in [0.5, 0.6) is 5.75 Å². The van der Waals surface area contributed by atoms with Gasteiger partial charge in [-0.25, -0.2) is 4.98 Å². The molecule has 0 saturated carbocycles. The van der Waals surface area contributed by atoms with Crippen LogP contribution >= 0.6 is 22.7 Å². The van der Waals surface area contributed by atoms with E-state index in [2.05, 4.69) is 15.9 Å².